The van der Waals surface area contributed by atoms with Gasteiger partial charge in [-0.2, -0.15) is 0 Å². The van der Waals surface area contributed by atoms with E-state index in [1.807, 2.05) is 0 Å². The number of methoxy groups -OCH3 is 1. The second kappa shape index (κ2) is 11.9. The maximum absolute atomic E-state index is 9.97. The number of carboxylic acid groups (broad SMARTS) is 2. The van der Waals surface area contributed by atoms with Crippen LogP contribution >= 0.6 is 0 Å². The van der Waals surface area contributed by atoms with Crippen LogP contribution in [-0.4, -0.2) is 55.6 Å². The molecule has 0 spiro atoms. The Bertz CT molecular complexity index is 221. The van der Waals surface area contributed by atoms with E-state index in [1.54, 1.807) is 6.92 Å². The molecule has 0 saturated carbocycles. The van der Waals surface area contributed by atoms with Gasteiger partial charge in [-0.3, -0.25) is 0 Å². The van der Waals surface area contributed by atoms with Crippen LogP contribution in [0.4, 0.5) is 14.4 Å². The second-order valence-electron chi connectivity index (χ2n) is 2.12. The first-order chi connectivity index (χ1) is 7.93. The molecule has 0 aromatic carbocycles. The van der Waals surface area contributed by atoms with Crippen molar-refractivity contribution in [2.24, 2.45) is 0 Å². The van der Waals surface area contributed by atoms with Gasteiger partial charge in [0.1, 0.15) is 13.2 Å². The molecule has 0 rings (SSSR count). The Balaban J connectivity index is 0. The largest absolute Gasteiger partial charge is 0.507 e. The van der Waals surface area contributed by atoms with Crippen molar-refractivity contribution in [2.45, 2.75) is 6.92 Å². The van der Waals surface area contributed by atoms with E-state index >= 15 is 0 Å². The van der Waals surface area contributed by atoms with Gasteiger partial charge in [-0.05, 0) is 6.92 Å². The maximum atomic E-state index is 9.97. The van der Waals surface area contributed by atoms with Gasteiger partial charge in [-0.15, -0.1) is 0 Å². The smallest absolute Gasteiger partial charge is 0.450 e. The van der Waals surface area contributed by atoms with Crippen molar-refractivity contribution in [3.8, 4) is 0 Å². The summed E-state index contributed by atoms with van der Waals surface area (Å²) in [6.07, 6.45) is -3.52. The van der Waals surface area contributed by atoms with Crippen molar-refractivity contribution in [3.05, 3.63) is 0 Å². The topological polar surface area (TPSA) is 129 Å². The molecule has 100 valence electrons. The van der Waals surface area contributed by atoms with Crippen molar-refractivity contribution in [2.75, 3.05) is 26.9 Å². The van der Waals surface area contributed by atoms with Crippen LogP contribution in [0.2, 0.25) is 0 Å². The van der Waals surface area contributed by atoms with Crippen LogP contribution in [-0.2, 0) is 18.9 Å². The van der Waals surface area contributed by atoms with E-state index in [0.717, 1.165) is 0 Å². The van der Waals surface area contributed by atoms with Gasteiger partial charge in [0.25, 0.3) is 0 Å². The van der Waals surface area contributed by atoms with Crippen LogP contribution in [0.15, 0.2) is 0 Å². The quantitative estimate of drug-likeness (QED) is 0.431. The van der Waals surface area contributed by atoms with Gasteiger partial charge in [0.2, 0.25) is 0 Å². The molecule has 2 N–H and O–H groups in total. The molecule has 0 heterocycles. The standard InChI is InChI=1S/C4H6O6.C4H8O3/c5-3(6)9-1-2-10-4(7)8;1-3-7-4(5)6-2/h1-2H2,(H,5,6)(H,7,8);3H2,1-2H3. The third kappa shape index (κ3) is 20.0. The minimum absolute atomic E-state index is 0.276. The van der Waals surface area contributed by atoms with E-state index in [4.69, 9.17) is 10.2 Å². The molecule has 0 aliphatic carbocycles. The molecule has 17 heavy (non-hydrogen) atoms. The Kier molecular flexibility index (Phi) is 12.0. The number of hydrogen-bond donors (Lipinski definition) is 2. The third-order valence-electron chi connectivity index (χ3n) is 0.963. The van der Waals surface area contributed by atoms with Crippen molar-refractivity contribution in [1.82, 2.24) is 0 Å². The molecule has 0 aromatic heterocycles. The summed E-state index contributed by atoms with van der Waals surface area (Å²) in [6.45, 7) is 1.53. The predicted molar refractivity (Wildman–Crippen MR) is 52.0 cm³/mol. The Hall–Kier alpha value is -2.19. The van der Waals surface area contributed by atoms with Crippen LogP contribution in [0.1, 0.15) is 6.92 Å². The summed E-state index contributed by atoms with van der Waals surface area (Å²) in [6, 6.07) is 0. The second-order valence-corrected chi connectivity index (χ2v) is 2.12. The highest BCUT2D eigenvalue weighted by Crippen LogP contribution is 1.79. The third-order valence-corrected chi connectivity index (χ3v) is 0.963. The monoisotopic (exact) mass is 254 g/mol. The number of carbonyl (C=O) groups is 3. The van der Waals surface area contributed by atoms with E-state index in [-0.39, 0.29) is 13.2 Å². The summed E-state index contributed by atoms with van der Waals surface area (Å²) >= 11 is 0. The van der Waals surface area contributed by atoms with Gasteiger partial charge in [0.15, 0.2) is 0 Å². The fraction of sp³-hybridized carbons (Fsp3) is 0.625. The fourth-order valence-electron chi connectivity index (χ4n) is 0.435. The molecule has 0 saturated heterocycles. The Morgan fingerprint density at radius 1 is 0.941 bits per heavy atom. The zero-order chi connectivity index (χ0) is 13.7. The minimum Gasteiger partial charge on any atom is -0.450 e. The summed E-state index contributed by atoms with van der Waals surface area (Å²) < 4.78 is 16.3. The molecule has 0 aliphatic rings. The molecule has 0 radical (unpaired) electrons. The van der Waals surface area contributed by atoms with Crippen LogP contribution < -0.4 is 0 Å². The zero-order valence-electron chi connectivity index (χ0n) is 9.37. The fourth-order valence-corrected chi connectivity index (χ4v) is 0.435. The molecule has 0 aliphatic heterocycles. The van der Waals surface area contributed by atoms with Crippen LogP contribution in [0, 0.1) is 0 Å². The zero-order valence-corrected chi connectivity index (χ0v) is 9.37. The molecule has 0 unspecified atom stereocenters. The van der Waals surface area contributed by atoms with Crippen LogP contribution in [0.5, 0.6) is 0 Å². The van der Waals surface area contributed by atoms with Crippen LogP contribution in [0.25, 0.3) is 0 Å². The van der Waals surface area contributed by atoms with Crippen molar-refractivity contribution in [1.29, 1.82) is 0 Å². The van der Waals surface area contributed by atoms with E-state index in [9.17, 15) is 14.4 Å². The highest BCUT2D eigenvalue weighted by molar-refractivity contribution is 5.59. The number of carbonyl (C=O) groups excluding carboxylic acids is 1. The van der Waals surface area contributed by atoms with Gasteiger partial charge < -0.3 is 29.2 Å². The van der Waals surface area contributed by atoms with Crippen LogP contribution in [0.3, 0.4) is 0 Å². The summed E-state index contributed by atoms with van der Waals surface area (Å²) in [5.74, 6) is 0. The molecule has 0 fully saturated rings. The number of rotatable bonds is 4. The molecule has 0 atom stereocenters. The first-order valence-corrected chi connectivity index (χ1v) is 4.36. The summed E-state index contributed by atoms with van der Waals surface area (Å²) in [5.41, 5.74) is 0. The normalized spacial score (nSPS) is 8.12. The van der Waals surface area contributed by atoms with E-state index in [2.05, 4.69) is 18.9 Å². The Morgan fingerprint density at radius 3 is 1.53 bits per heavy atom. The maximum Gasteiger partial charge on any atom is 0.507 e. The van der Waals surface area contributed by atoms with Gasteiger partial charge in [0.05, 0.1) is 13.7 Å². The molecular weight excluding hydrogens is 240 g/mol. The Morgan fingerprint density at radius 2 is 1.35 bits per heavy atom. The highest BCUT2D eigenvalue weighted by atomic mass is 16.7. The lowest BCUT2D eigenvalue weighted by atomic mass is 10.8. The summed E-state index contributed by atoms with van der Waals surface area (Å²) in [5, 5.41) is 15.7. The molecule has 0 amide bonds. The van der Waals surface area contributed by atoms with Crippen molar-refractivity contribution < 1.29 is 43.5 Å². The van der Waals surface area contributed by atoms with Gasteiger partial charge in [-0.1, -0.05) is 0 Å². The molecule has 9 nitrogen and oxygen atoms in total. The van der Waals surface area contributed by atoms with Gasteiger partial charge >= 0.3 is 18.5 Å². The highest BCUT2D eigenvalue weighted by Gasteiger charge is 1.98. The van der Waals surface area contributed by atoms with E-state index in [1.165, 1.54) is 7.11 Å². The summed E-state index contributed by atoms with van der Waals surface area (Å²) in [7, 11) is 1.28. The summed E-state index contributed by atoms with van der Waals surface area (Å²) in [4.78, 5) is 29.2. The average molecular weight is 254 g/mol. The van der Waals surface area contributed by atoms with Gasteiger partial charge in [-0.25, -0.2) is 14.4 Å². The van der Waals surface area contributed by atoms with Crippen molar-refractivity contribution >= 4 is 18.5 Å². The first-order valence-electron chi connectivity index (χ1n) is 4.36. The molecule has 0 aromatic rings. The first kappa shape index (κ1) is 17.2. The number of hydrogen-bond acceptors (Lipinski definition) is 7. The predicted octanol–water partition coefficient (Wildman–Crippen LogP) is 1.16. The minimum atomic E-state index is -1.45. The molecular formula is C8H14O9. The average Bonchev–Trinajstić information content (AvgIpc) is 2.25. The number of ether oxygens (including phenoxy) is 4. The lowest BCUT2D eigenvalue weighted by molar-refractivity contribution is 0.0472. The van der Waals surface area contributed by atoms with Crippen molar-refractivity contribution in [3.63, 3.8) is 0 Å². The molecule has 9 heteroatoms. The SMILES string of the molecule is CCOC(=O)OC.O=C(O)OCCOC(=O)O. The van der Waals surface area contributed by atoms with E-state index in [0.29, 0.717) is 6.61 Å². The van der Waals surface area contributed by atoms with E-state index < -0.39 is 18.5 Å². The Labute approximate surface area is 96.8 Å². The lowest BCUT2D eigenvalue weighted by Crippen LogP contribution is -2.10. The lowest BCUT2D eigenvalue weighted by Gasteiger charge is -1.98. The van der Waals surface area contributed by atoms with Gasteiger partial charge in [0, 0.05) is 0 Å². The molecule has 0 bridgehead atoms.